The summed E-state index contributed by atoms with van der Waals surface area (Å²) in [6.45, 7) is 0.571. The number of carboxylic acid groups (broad SMARTS) is 1. The molecule has 182 valence electrons. The van der Waals surface area contributed by atoms with Crippen LogP contribution in [0.3, 0.4) is 0 Å². The maximum atomic E-state index is 13.0. The van der Waals surface area contributed by atoms with Gasteiger partial charge in [0, 0.05) is 11.8 Å². The third-order valence-electron chi connectivity index (χ3n) is 6.92. The normalized spacial score (nSPS) is 19.6. The number of hydrogen-bond donors (Lipinski definition) is 1. The van der Waals surface area contributed by atoms with E-state index in [-0.39, 0.29) is 35.8 Å². The number of rotatable bonds is 8. The smallest absolute Gasteiger partial charge is 0.335 e. The highest BCUT2D eigenvalue weighted by atomic mass is 16.5. The van der Waals surface area contributed by atoms with Gasteiger partial charge in [0.1, 0.15) is 5.75 Å². The molecule has 1 aliphatic carbocycles. The Bertz CT molecular complexity index is 1340. The van der Waals surface area contributed by atoms with Crippen LogP contribution >= 0.6 is 0 Å². The lowest BCUT2D eigenvalue weighted by atomic mass is 9.85. The maximum Gasteiger partial charge on any atom is 0.335 e. The van der Waals surface area contributed by atoms with Crippen LogP contribution in [0.5, 0.6) is 5.75 Å². The van der Waals surface area contributed by atoms with E-state index in [0.29, 0.717) is 25.9 Å². The van der Waals surface area contributed by atoms with Crippen LogP contribution in [0.1, 0.15) is 35.2 Å². The number of allylic oxidation sites excluding steroid dienone is 2. The Morgan fingerprint density at radius 2 is 1.58 bits per heavy atom. The van der Waals surface area contributed by atoms with Gasteiger partial charge < -0.3 is 9.84 Å². The molecule has 1 N–H and O–H groups in total. The van der Waals surface area contributed by atoms with Crippen LogP contribution < -0.4 is 4.74 Å². The number of imide groups is 1. The van der Waals surface area contributed by atoms with Crippen LogP contribution in [0.4, 0.5) is 0 Å². The lowest BCUT2D eigenvalue weighted by molar-refractivity contribution is -0.139. The summed E-state index contributed by atoms with van der Waals surface area (Å²) in [5, 5.41) is 11.3. The fourth-order valence-corrected chi connectivity index (χ4v) is 5.00. The molecule has 2 atom stereocenters. The van der Waals surface area contributed by atoms with E-state index in [0.717, 1.165) is 27.7 Å². The van der Waals surface area contributed by atoms with Crippen molar-refractivity contribution in [3.8, 4) is 5.75 Å². The van der Waals surface area contributed by atoms with Gasteiger partial charge in [-0.25, -0.2) is 4.79 Å². The van der Waals surface area contributed by atoms with E-state index in [1.807, 2.05) is 60.7 Å². The first-order chi connectivity index (χ1) is 17.5. The summed E-state index contributed by atoms with van der Waals surface area (Å²) >= 11 is 0. The minimum absolute atomic E-state index is 0.114. The molecule has 3 aromatic rings. The molecule has 2 aliphatic rings. The second-order valence-corrected chi connectivity index (χ2v) is 9.22. The lowest BCUT2D eigenvalue weighted by Gasteiger charge is -2.18. The number of amides is 2. The molecule has 1 heterocycles. The monoisotopic (exact) mass is 481 g/mol. The van der Waals surface area contributed by atoms with Crippen LogP contribution in [-0.4, -0.2) is 40.9 Å². The average molecular weight is 482 g/mol. The minimum Gasteiger partial charge on any atom is -0.493 e. The Morgan fingerprint density at radius 3 is 2.28 bits per heavy atom. The number of benzene rings is 3. The molecule has 2 amide bonds. The topological polar surface area (TPSA) is 83.9 Å². The molecular formula is C30H27NO5. The number of ether oxygens (including phenoxy) is 1. The summed E-state index contributed by atoms with van der Waals surface area (Å²) in [7, 11) is 0. The van der Waals surface area contributed by atoms with Crippen molar-refractivity contribution >= 4 is 34.6 Å². The molecule has 1 aliphatic heterocycles. The predicted octanol–water partition coefficient (Wildman–Crippen LogP) is 5.34. The van der Waals surface area contributed by atoms with Crippen LogP contribution in [-0.2, 0) is 9.59 Å². The van der Waals surface area contributed by atoms with Crippen molar-refractivity contribution in [1.29, 1.82) is 0 Å². The van der Waals surface area contributed by atoms with E-state index < -0.39 is 5.97 Å². The summed E-state index contributed by atoms with van der Waals surface area (Å²) in [4.78, 5) is 38.7. The van der Waals surface area contributed by atoms with Crippen LogP contribution in [0.2, 0.25) is 0 Å². The van der Waals surface area contributed by atoms with Crippen LogP contribution in [0, 0.1) is 11.8 Å². The Labute approximate surface area is 209 Å². The van der Waals surface area contributed by atoms with Gasteiger partial charge in [0.05, 0.1) is 30.6 Å². The van der Waals surface area contributed by atoms with Gasteiger partial charge in [-0.15, -0.1) is 0 Å². The number of carbonyl (C=O) groups is 3. The highest BCUT2D eigenvalue weighted by molar-refractivity contribution is 6.05. The molecule has 0 radical (unpaired) electrons. The van der Waals surface area contributed by atoms with Gasteiger partial charge in [-0.3, -0.25) is 14.5 Å². The number of nitrogens with zero attached hydrogens (tertiary/aromatic N) is 1. The molecular weight excluding hydrogens is 454 g/mol. The number of fused-ring (bicyclic) bond motifs is 2. The molecule has 2 unspecified atom stereocenters. The lowest BCUT2D eigenvalue weighted by Crippen LogP contribution is -2.33. The highest BCUT2D eigenvalue weighted by Crippen LogP contribution is 2.35. The first-order valence-electron chi connectivity index (χ1n) is 12.1. The molecule has 0 aromatic heterocycles. The van der Waals surface area contributed by atoms with Gasteiger partial charge in [0.2, 0.25) is 11.8 Å². The minimum atomic E-state index is -0.987. The summed E-state index contributed by atoms with van der Waals surface area (Å²) < 4.78 is 6.13. The summed E-state index contributed by atoms with van der Waals surface area (Å²) in [6.07, 6.45) is 7.59. The largest absolute Gasteiger partial charge is 0.493 e. The standard InChI is InChI=1S/C30H27NO5/c32-28-25-9-3-4-10-26(25)29(33)31(28)19-21(18-20-12-14-23(15-13-20)30(34)35)16-17-36-27-11-5-7-22-6-1-2-8-24(22)27/h1-8,11-15,18,25-26H,9-10,16-17,19H2,(H,34,35). The van der Waals surface area contributed by atoms with Gasteiger partial charge in [0.25, 0.3) is 0 Å². The van der Waals surface area contributed by atoms with E-state index >= 15 is 0 Å². The van der Waals surface area contributed by atoms with E-state index in [4.69, 9.17) is 4.74 Å². The van der Waals surface area contributed by atoms with E-state index in [1.165, 1.54) is 4.90 Å². The molecule has 0 spiro atoms. The molecule has 1 saturated heterocycles. The van der Waals surface area contributed by atoms with Gasteiger partial charge in [0.15, 0.2) is 0 Å². The van der Waals surface area contributed by atoms with Crippen LogP contribution in [0.15, 0.2) is 84.5 Å². The van der Waals surface area contributed by atoms with Crippen molar-refractivity contribution in [3.63, 3.8) is 0 Å². The van der Waals surface area contributed by atoms with E-state index in [2.05, 4.69) is 0 Å². The molecule has 36 heavy (non-hydrogen) atoms. The fraction of sp³-hybridized carbons (Fsp3) is 0.233. The molecule has 1 fully saturated rings. The number of aromatic carboxylic acids is 1. The summed E-state index contributed by atoms with van der Waals surface area (Å²) in [5.41, 5.74) is 1.87. The summed E-state index contributed by atoms with van der Waals surface area (Å²) in [6, 6.07) is 20.5. The summed E-state index contributed by atoms with van der Waals surface area (Å²) in [5.74, 6) is -0.980. The third-order valence-corrected chi connectivity index (χ3v) is 6.92. The van der Waals surface area contributed by atoms with Crippen molar-refractivity contribution in [2.24, 2.45) is 11.8 Å². The second kappa shape index (κ2) is 10.2. The van der Waals surface area contributed by atoms with Crippen molar-refractivity contribution in [2.45, 2.75) is 19.3 Å². The maximum absolute atomic E-state index is 13.0. The number of likely N-dealkylation sites (tertiary alicyclic amines) is 1. The van der Waals surface area contributed by atoms with Crippen molar-refractivity contribution in [3.05, 3.63) is 95.6 Å². The van der Waals surface area contributed by atoms with Gasteiger partial charge in [-0.05, 0) is 47.6 Å². The zero-order valence-electron chi connectivity index (χ0n) is 19.8. The Kier molecular flexibility index (Phi) is 6.67. The average Bonchev–Trinajstić information content (AvgIpc) is 3.14. The van der Waals surface area contributed by atoms with E-state index in [1.54, 1.807) is 24.3 Å². The van der Waals surface area contributed by atoms with Crippen LogP contribution in [0.25, 0.3) is 16.8 Å². The van der Waals surface area contributed by atoms with Crippen molar-refractivity contribution in [2.75, 3.05) is 13.2 Å². The van der Waals surface area contributed by atoms with Gasteiger partial charge in [-0.1, -0.05) is 66.8 Å². The first-order valence-corrected chi connectivity index (χ1v) is 12.1. The number of carboxylic acids is 1. The zero-order chi connectivity index (χ0) is 25.1. The molecule has 6 heteroatoms. The molecule has 3 aromatic carbocycles. The quantitative estimate of drug-likeness (QED) is 0.347. The van der Waals surface area contributed by atoms with Crippen molar-refractivity contribution in [1.82, 2.24) is 4.90 Å². The fourth-order valence-electron chi connectivity index (χ4n) is 5.00. The third kappa shape index (κ3) is 4.80. The zero-order valence-corrected chi connectivity index (χ0v) is 19.8. The molecule has 0 saturated carbocycles. The molecule has 6 nitrogen and oxygen atoms in total. The van der Waals surface area contributed by atoms with Crippen molar-refractivity contribution < 1.29 is 24.2 Å². The van der Waals surface area contributed by atoms with Gasteiger partial charge >= 0.3 is 5.97 Å². The molecule has 0 bridgehead atoms. The number of hydrogen-bond acceptors (Lipinski definition) is 4. The molecule has 5 rings (SSSR count). The van der Waals surface area contributed by atoms with Gasteiger partial charge in [-0.2, -0.15) is 0 Å². The Morgan fingerprint density at radius 1 is 0.917 bits per heavy atom. The Hall–Kier alpha value is -4.19. The highest BCUT2D eigenvalue weighted by Gasteiger charge is 2.47. The van der Waals surface area contributed by atoms with E-state index in [9.17, 15) is 19.5 Å². The predicted molar refractivity (Wildman–Crippen MR) is 138 cm³/mol. The second-order valence-electron chi connectivity index (χ2n) is 9.22. The SMILES string of the molecule is O=C(O)c1ccc(C=C(CCOc2cccc3ccccc23)CN2C(=O)C3CC=CCC3C2=O)cc1. The number of carbonyl (C=O) groups excluding carboxylic acids is 2. The Balaban J connectivity index is 1.36. The first kappa shape index (κ1) is 23.5.